The van der Waals surface area contributed by atoms with Crippen molar-refractivity contribution in [3.63, 3.8) is 0 Å². The van der Waals surface area contributed by atoms with E-state index in [1.165, 1.54) is 23.5 Å². The minimum absolute atomic E-state index is 0.284. The molecule has 0 saturated carbocycles. The van der Waals surface area contributed by atoms with Gasteiger partial charge in [-0.3, -0.25) is 0 Å². The van der Waals surface area contributed by atoms with Crippen molar-refractivity contribution in [1.29, 1.82) is 0 Å². The average molecular weight is 393 g/mol. The Kier molecular flexibility index (Phi) is 4.34. The summed E-state index contributed by atoms with van der Waals surface area (Å²) in [6.45, 7) is 3.01. The van der Waals surface area contributed by atoms with E-state index in [-0.39, 0.29) is 5.75 Å². The number of alkyl halides is 3. The van der Waals surface area contributed by atoms with Crippen LogP contribution in [0.25, 0.3) is 21.9 Å². The second-order valence-corrected chi connectivity index (χ2v) is 6.58. The van der Waals surface area contributed by atoms with Crippen LogP contribution in [0.1, 0.15) is 12.7 Å². The lowest BCUT2D eigenvalue weighted by molar-refractivity contribution is -0.274. The molecule has 0 spiro atoms. The molecule has 0 atom stereocenters. The van der Waals surface area contributed by atoms with Gasteiger partial charge in [-0.25, -0.2) is 15.0 Å². The molecular weight excluding hydrogens is 379 g/mol. The lowest BCUT2D eigenvalue weighted by Gasteiger charge is -2.09. The van der Waals surface area contributed by atoms with Crippen molar-refractivity contribution < 1.29 is 17.9 Å². The normalized spacial score (nSPS) is 12.0. The molecule has 0 aliphatic carbocycles. The maximum absolute atomic E-state index is 12.5. The van der Waals surface area contributed by atoms with Crippen LogP contribution in [0.4, 0.5) is 13.2 Å². The van der Waals surface area contributed by atoms with Gasteiger partial charge in [-0.1, -0.05) is 0 Å². The molecule has 6 nitrogen and oxygen atoms in total. The fraction of sp³-hybridized carbons (Fsp3) is 0.235. The molecule has 0 N–H and O–H groups in total. The number of aryl methyl sites for hydroxylation is 1. The van der Waals surface area contributed by atoms with E-state index in [1.807, 2.05) is 27.6 Å². The van der Waals surface area contributed by atoms with Gasteiger partial charge in [0, 0.05) is 36.6 Å². The molecule has 10 heteroatoms. The summed E-state index contributed by atoms with van der Waals surface area (Å²) in [5.41, 5.74) is 1.20. The highest BCUT2D eigenvalue weighted by atomic mass is 32.1. The Morgan fingerprint density at radius 3 is 2.74 bits per heavy atom. The number of fused-ring (bicyclic) bond motifs is 1. The van der Waals surface area contributed by atoms with Crippen LogP contribution in [0.2, 0.25) is 0 Å². The summed E-state index contributed by atoms with van der Waals surface area (Å²) in [5, 5.41) is 2.66. The summed E-state index contributed by atoms with van der Waals surface area (Å²) < 4.78 is 45.2. The Labute approximate surface area is 155 Å². The number of hydrogen-bond donors (Lipinski definition) is 0. The Morgan fingerprint density at radius 1 is 1.19 bits per heavy atom. The van der Waals surface area contributed by atoms with E-state index in [2.05, 4.69) is 19.7 Å². The summed E-state index contributed by atoms with van der Waals surface area (Å²) in [7, 11) is 0. The zero-order valence-corrected chi connectivity index (χ0v) is 15.0. The maximum atomic E-state index is 12.5. The molecule has 3 aromatic heterocycles. The largest absolute Gasteiger partial charge is 0.573 e. The van der Waals surface area contributed by atoms with Crippen LogP contribution in [-0.4, -0.2) is 30.4 Å². The first kappa shape index (κ1) is 17.5. The number of ether oxygens (including phenoxy) is 1. The fourth-order valence-corrected chi connectivity index (χ4v) is 3.60. The Balaban J connectivity index is 1.71. The molecule has 0 fully saturated rings. The lowest BCUT2D eigenvalue weighted by atomic mass is 10.3. The van der Waals surface area contributed by atoms with E-state index >= 15 is 0 Å². The summed E-state index contributed by atoms with van der Waals surface area (Å²) in [6, 6.07) is 4.19. The molecule has 0 aliphatic rings. The molecule has 0 amide bonds. The second-order valence-electron chi connectivity index (χ2n) is 5.69. The predicted molar refractivity (Wildman–Crippen MR) is 94.5 cm³/mol. The number of imidazole rings is 2. The molecule has 0 bridgehead atoms. The Bertz CT molecular complexity index is 1070. The summed E-state index contributed by atoms with van der Waals surface area (Å²) in [4.78, 5) is 13.1. The van der Waals surface area contributed by atoms with Crippen LogP contribution < -0.4 is 4.74 Å². The van der Waals surface area contributed by atoms with Gasteiger partial charge in [0.2, 0.25) is 0 Å². The Morgan fingerprint density at radius 2 is 2.04 bits per heavy atom. The van der Waals surface area contributed by atoms with Crippen LogP contribution in [0.3, 0.4) is 0 Å². The van der Waals surface area contributed by atoms with E-state index in [9.17, 15) is 13.2 Å². The molecule has 4 aromatic rings. The van der Waals surface area contributed by atoms with Crippen LogP contribution in [0, 0.1) is 0 Å². The third kappa shape index (κ3) is 3.52. The first-order chi connectivity index (χ1) is 12.9. The van der Waals surface area contributed by atoms with Gasteiger partial charge in [-0.15, -0.1) is 24.5 Å². The van der Waals surface area contributed by atoms with Crippen LogP contribution in [0.15, 0.2) is 42.2 Å². The van der Waals surface area contributed by atoms with Gasteiger partial charge in [-0.05, 0) is 19.1 Å². The number of benzene rings is 1. The predicted octanol–water partition coefficient (Wildman–Crippen LogP) is 4.32. The van der Waals surface area contributed by atoms with Gasteiger partial charge >= 0.3 is 6.36 Å². The van der Waals surface area contributed by atoms with Gasteiger partial charge in [0.25, 0.3) is 0 Å². The minimum atomic E-state index is -4.73. The van der Waals surface area contributed by atoms with E-state index in [0.717, 1.165) is 16.3 Å². The van der Waals surface area contributed by atoms with Gasteiger partial charge in [0.1, 0.15) is 11.6 Å². The van der Waals surface area contributed by atoms with Crippen LogP contribution >= 0.6 is 11.3 Å². The molecule has 4 rings (SSSR count). The van der Waals surface area contributed by atoms with Gasteiger partial charge < -0.3 is 13.9 Å². The number of nitrogens with zero attached hydrogens (tertiary/aromatic N) is 5. The first-order valence-electron chi connectivity index (χ1n) is 8.10. The summed E-state index contributed by atoms with van der Waals surface area (Å²) in [5.74, 6) is 1.15. The lowest BCUT2D eigenvalue weighted by Crippen LogP contribution is -2.17. The molecule has 0 aliphatic heterocycles. The smallest absolute Gasteiger partial charge is 0.406 e. The molecule has 0 saturated heterocycles. The van der Waals surface area contributed by atoms with Gasteiger partial charge in [0.05, 0.1) is 17.6 Å². The zero-order valence-electron chi connectivity index (χ0n) is 14.1. The molecular formula is C17H14F3N5OS. The highest BCUT2D eigenvalue weighted by Gasteiger charge is 2.31. The third-order valence-corrected chi connectivity index (χ3v) is 4.77. The first-order valence-corrected chi connectivity index (χ1v) is 8.98. The summed E-state index contributed by atoms with van der Waals surface area (Å²) in [6.07, 6.45) is 0.491. The van der Waals surface area contributed by atoms with Crippen LogP contribution in [-0.2, 0) is 13.1 Å². The number of halogens is 3. The van der Waals surface area contributed by atoms with Crippen LogP contribution in [0.5, 0.6) is 5.75 Å². The molecule has 0 unspecified atom stereocenters. The van der Waals surface area contributed by atoms with Crippen molar-refractivity contribution in [2.45, 2.75) is 26.4 Å². The van der Waals surface area contributed by atoms with Crippen molar-refractivity contribution >= 4 is 22.4 Å². The van der Waals surface area contributed by atoms with E-state index in [4.69, 9.17) is 0 Å². The third-order valence-electron chi connectivity index (χ3n) is 4.00. The van der Waals surface area contributed by atoms with Gasteiger partial charge in [-0.2, -0.15) is 0 Å². The minimum Gasteiger partial charge on any atom is -0.406 e. The topological polar surface area (TPSA) is 57.8 Å². The maximum Gasteiger partial charge on any atom is 0.573 e. The van der Waals surface area contributed by atoms with Crippen molar-refractivity contribution in [2.75, 3.05) is 0 Å². The van der Waals surface area contributed by atoms with E-state index < -0.39 is 6.36 Å². The molecule has 1 aromatic carbocycles. The fourth-order valence-electron chi connectivity index (χ4n) is 2.95. The molecule has 140 valence electrons. The van der Waals surface area contributed by atoms with Crippen molar-refractivity contribution in [1.82, 2.24) is 24.1 Å². The highest BCUT2D eigenvalue weighted by molar-refractivity contribution is 7.13. The SMILES string of the molecule is CCn1c(Cn2ccnc2-c2nccs2)nc2cc(OC(F)(F)F)ccc21. The van der Waals surface area contributed by atoms with E-state index in [0.29, 0.717) is 24.4 Å². The number of thiazole rings is 1. The molecule has 3 heterocycles. The van der Waals surface area contributed by atoms with Crippen molar-refractivity contribution in [3.05, 3.63) is 48.0 Å². The molecule has 0 radical (unpaired) electrons. The average Bonchev–Trinajstić information content (AvgIpc) is 3.31. The number of rotatable bonds is 5. The highest BCUT2D eigenvalue weighted by Crippen LogP contribution is 2.28. The van der Waals surface area contributed by atoms with Gasteiger partial charge in [0.15, 0.2) is 10.8 Å². The second kappa shape index (κ2) is 6.69. The van der Waals surface area contributed by atoms with Crippen molar-refractivity contribution in [2.24, 2.45) is 0 Å². The molecule has 27 heavy (non-hydrogen) atoms. The summed E-state index contributed by atoms with van der Waals surface area (Å²) >= 11 is 1.48. The standard InChI is InChI=1S/C17H14F3N5OS/c1-2-25-13-4-3-11(26-17(18,19)20)9-12(13)23-14(25)10-24-7-5-21-15(24)16-22-6-8-27-16/h3-9H,2,10H2,1H3. The quantitative estimate of drug-likeness (QED) is 0.507. The Hall–Kier alpha value is -2.88. The zero-order chi connectivity index (χ0) is 19.0. The van der Waals surface area contributed by atoms with E-state index in [1.54, 1.807) is 18.5 Å². The van der Waals surface area contributed by atoms with Crippen molar-refractivity contribution in [3.8, 4) is 16.6 Å². The number of aromatic nitrogens is 5. The monoisotopic (exact) mass is 393 g/mol. The number of hydrogen-bond acceptors (Lipinski definition) is 5.